The van der Waals surface area contributed by atoms with Gasteiger partial charge in [0.1, 0.15) is 6.54 Å². The van der Waals surface area contributed by atoms with Crippen LogP contribution in [0, 0.1) is 0 Å². The summed E-state index contributed by atoms with van der Waals surface area (Å²) in [5.41, 5.74) is 2.72. The highest BCUT2D eigenvalue weighted by Crippen LogP contribution is 2.18. The second-order valence-corrected chi connectivity index (χ2v) is 6.22. The van der Waals surface area contributed by atoms with E-state index in [-0.39, 0.29) is 11.9 Å². The Balaban J connectivity index is 1.58. The third-order valence-electron chi connectivity index (χ3n) is 4.72. The molecule has 1 atom stereocenters. The van der Waals surface area contributed by atoms with Gasteiger partial charge in [0, 0.05) is 18.0 Å². The summed E-state index contributed by atoms with van der Waals surface area (Å²) in [5.74, 6) is 0.242. The van der Waals surface area contributed by atoms with Gasteiger partial charge in [-0.05, 0) is 18.4 Å². The number of fused-ring (bicyclic) bond motifs is 1. The van der Waals surface area contributed by atoms with Gasteiger partial charge in [0.05, 0.1) is 0 Å². The molecule has 1 fully saturated rings. The number of carbonyl (C=O) groups excluding carboxylic acids is 1. The van der Waals surface area contributed by atoms with Gasteiger partial charge >= 0.3 is 0 Å². The molecule has 1 aliphatic heterocycles. The number of carbonyl (C=O) groups is 1. The Morgan fingerprint density at radius 3 is 2.50 bits per heavy atom. The van der Waals surface area contributed by atoms with E-state index in [9.17, 15) is 4.79 Å². The molecule has 0 radical (unpaired) electrons. The first-order valence-electron chi connectivity index (χ1n) is 8.03. The van der Waals surface area contributed by atoms with Crippen LogP contribution in [0.4, 0.5) is 0 Å². The van der Waals surface area contributed by atoms with Crippen LogP contribution in [0.15, 0.2) is 24.3 Å². The van der Waals surface area contributed by atoms with Crippen molar-refractivity contribution in [1.29, 1.82) is 0 Å². The van der Waals surface area contributed by atoms with Crippen molar-refractivity contribution in [2.75, 3.05) is 0 Å². The lowest BCUT2D eigenvalue weighted by Gasteiger charge is -2.24. The van der Waals surface area contributed by atoms with Crippen LogP contribution in [0.1, 0.15) is 49.7 Å². The van der Waals surface area contributed by atoms with Gasteiger partial charge in [-0.25, -0.2) is 0 Å². The fraction of sp³-hybridized carbons (Fsp3) is 0.588. The lowest BCUT2D eigenvalue weighted by atomic mass is 9.95. The maximum Gasteiger partial charge on any atom is 0.278 e. The molecule has 1 amide bonds. The highest BCUT2D eigenvalue weighted by atomic mass is 16.2. The summed E-state index contributed by atoms with van der Waals surface area (Å²) in [5, 5.41) is 5.48. The summed E-state index contributed by atoms with van der Waals surface area (Å²) in [6.07, 6.45) is 8.38. The minimum atomic E-state index is 0.0631. The van der Waals surface area contributed by atoms with E-state index in [2.05, 4.69) is 34.9 Å². The minimum absolute atomic E-state index is 0.0631. The Hall–Kier alpha value is -1.35. The van der Waals surface area contributed by atoms with Crippen LogP contribution in [-0.2, 0) is 17.8 Å². The zero-order valence-electron chi connectivity index (χ0n) is 12.1. The molecule has 1 aromatic rings. The molecule has 3 N–H and O–H groups in total. The Morgan fingerprint density at radius 2 is 1.75 bits per heavy atom. The number of nitrogens with two attached hydrogens (primary N) is 1. The zero-order valence-corrected chi connectivity index (χ0v) is 12.1. The van der Waals surface area contributed by atoms with E-state index < -0.39 is 0 Å². The second-order valence-electron chi connectivity index (χ2n) is 6.22. The molecule has 1 aromatic carbocycles. The van der Waals surface area contributed by atoms with Gasteiger partial charge in [-0.15, -0.1) is 0 Å². The third kappa shape index (κ3) is 3.21. The average molecular weight is 273 g/mol. The van der Waals surface area contributed by atoms with Gasteiger partial charge in [-0.1, -0.05) is 49.9 Å². The topological polar surface area (TPSA) is 45.7 Å². The van der Waals surface area contributed by atoms with E-state index in [0.29, 0.717) is 6.04 Å². The Labute approximate surface area is 121 Å². The number of nitrogens with one attached hydrogen (secondary N) is 1. The summed E-state index contributed by atoms with van der Waals surface area (Å²) in [4.78, 5) is 12.4. The maximum atomic E-state index is 12.4. The fourth-order valence-electron chi connectivity index (χ4n) is 3.48. The van der Waals surface area contributed by atoms with Crippen LogP contribution >= 0.6 is 0 Å². The van der Waals surface area contributed by atoms with Crippen molar-refractivity contribution in [2.45, 2.75) is 63.6 Å². The summed E-state index contributed by atoms with van der Waals surface area (Å²) in [7, 11) is 0. The quantitative estimate of drug-likeness (QED) is 0.788. The largest absolute Gasteiger partial charge is 0.348 e. The van der Waals surface area contributed by atoms with E-state index in [4.69, 9.17) is 0 Å². The molecule has 0 bridgehead atoms. The molecule has 0 spiro atoms. The van der Waals surface area contributed by atoms with Gasteiger partial charge in [0.25, 0.3) is 5.91 Å². The van der Waals surface area contributed by atoms with Crippen molar-refractivity contribution in [1.82, 2.24) is 5.32 Å². The molecular formula is C17H25N2O+. The van der Waals surface area contributed by atoms with Gasteiger partial charge in [0.2, 0.25) is 0 Å². The zero-order chi connectivity index (χ0) is 13.8. The van der Waals surface area contributed by atoms with Gasteiger partial charge in [-0.2, -0.15) is 0 Å². The van der Waals surface area contributed by atoms with Crippen LogP contribution in [0.5, 0.6) is 0 Å². The molecule has 0 aromatic heterocycles. The fourth-order valence-corrected chi connectivity index (χ4v) is 3.48. The van der Waals surface area contributed by atoms with Gasteiger partial charge < -0.3 is 10.6 Å². The molecule has 3 rings (SSSR count). The van der Waals surface area contributed by atoms with E-state index in [1.54, 1.807) is 0 Å². The highest BCUT2D eigenvalue weighted by Gasteiger charge is 2.29. The SMILES string of the molecule is O=C(NC1CCCCCC1)[C@@H]1Cc2ccccc2C[NH2+]1. The number of benzene rings is 1. The third-order valence-corrected chi connectivity index (χ3v) is 4.72. The molecular weight excluding hydrogens is 248 g/mol. The molecule has 1 saturated carbocycles. The first-order valence-corrected chi connectivity index (χ1v) is 8.03. The van der Waals surface area contributed by atoms with Crippen LogP contribution in [0.3, 0.4) is 0 Å². The van der Waals surface area contributed by atoms with Crippen molar-refractivity contribution in [3.8, 4) is 0 Å². The summed E-state index contributed by atoms with van der Waals surface area (Å²) < 4.78 is 0. The molecule has 1 heterocycles. The van der Waals surface area contributed by atoms with Crippen molar-refractivity contribution in [3.63, 3.8) is 0 Å². The van der Waals surface area contributed by atoms with Crippen LogP contribution in [-0.4, -0.2) is 18.0 Å². The van der Waals surface area contributed by atoms with Gasteiger partial charge in [0.15, 0.2) is 6.04 Å². The molecule has 3 nitrogen and oxygen atoms in total. The van der Waals surface area contributed by atoms with Crippen LogP contribution in [0.25, 0.3) is 0 Å². The van der Waals surface area contributed by atoms with Crippen LogP contribution in [0.2, 0.25) is 0 Å². The highest BCUT2D eigenvalue weighted by molar-refractivity contribution is 5.81. The Morgan fingerprint density at radius 1 is 1.05 bits per heavy atom. The average Bonchev–Trinajstić information content (AvgIpc) is 2.75. The number of hydrogen-bond donors (Lipinski definition) is 2. The molecule has 3 heteroatoms. The summed E-state index contributed by atoms with van der Waals surface area (Å²) in [6.45, 7) is 0.929. The second kappa shape index (κ2) is 6.40. The molecule has 0 saturated heterocycles. The lowest BCUT2D eigenvalue weighted by molar-refractivity contribution is -0.695. The first kappa shape index (κ1) is 13.6. The Bertz CT molecular complexity index is 464. The predicted molar refractivity (Wildman–Crippen MR) is 79.2 cm³/mol. The van der Waals surface area contributed by atoms with Gasteiger partial charge in [-0.3, -0.25) is 4.79 Å². The number of hydrogen-bond acceptors (Lipinski definition) is 1. The predicted octanol–water partition coefficient (Wildman–Crippen LogP) is 1.51. The van der Waals surface area contributed by atoms with Crippen molar-refractivity contribution in [3.05, 3.63) is 35.4 Å². The molecule has 2 aliphatic rings. The number of rotatable bonds is 2. The first-order chi connectivity index (χ1) is 9.83. The van der Waals surface area contributed by atoms with E-state index in [1.165, 1.54) is 36.8 Å². The lowest BCUT2D eigenvalue weighted by Crippen LogP contribution is -2.93. The minimum Gasteiger partial charge on any atom is -0.348 e. The molecule has 20 heavy (non-hydrogen) atoms. The van der Waals surface area contributed by atoms with Crippen LogP contribution < -0.4 is 10.6 Å². The molecule has 108 valence electrons. The maximum absolute atomic E-state index is 12.4. The standard InChI is InChI=1S/C17H24N2O/c20-17(19-15-9-3-1-2-4-10-15)16-11-13-7-5-6-8-14(13)12-18-16/h5-8,15-16,18H,1-4,9-12H2,(H,19,20)/p+1/t16-/m0/s1. The number of quaternary nitrogens is 1. The van der Waals surface area contributed by atoms with Crippen molar-refractivity contribution >= 4 is 5.91 Å². The summed E-state index contributed by atoms with van der Waals surface area (Å²) >= 11 is 0. The van der Waals surface area contributed by atoms with Crippen molar-refractivity contribution in [2.24, 2.45) is 0 Å². The summed E-state index contributed by atoms with van der Waals surface area (Å²) in [6, 6.07) is 8.96. The van der Waals surface area contributed by atoms with E-state index in [0.717, 1.165) is 25.8 Å². The van der Waals surface area contributed by atoms with E-state index >= 15 is 0 Å². The molecule has 1 aliphatic carbocycles. The normalized spacial score (nSPS) is 23.7. The molecule has 0 unspecified atom stereocenters. The Kier molecular flexibility index (Phi) is 4.36. The smallest absolute Gasteiger partial charge is 0.278 e. The van der Waals surface area contributed by atoms with E-state index in [1.807, 2.05) is 0 Å². The number of amides is 1. The monoisotopic (exact) mass is 273 g/mol. The van der Waals surface area contributed by atoms with Crippen molar-refractivity contribution < 1.29 is 10.1 Å².